The predicted molar refractivity (Wildman–Crippen MR) is 141 cm³/mol. The summed E-state index contributed by atoms with van der Waals surface area (Å²) >= 11 is -2.87. The number of hydrogen-bond donors (Lipinski definition) is 0. The Kier molecular flexibility index (Phi) is 15.1. The fraction of sp³-hybridized carbons (Fsp3) is 0.846. The minimum absolute atomic E-state index is 0.134. The van der Waals surface area contributed by atoms with Crippen molar-refractivity contribution in [1.82, 2.24) is 0 Å². The Hall–Kier alpha value is -0.536. The van der Waals surface area contributed by atoms with Gasteiger partial charge in [-0.2, -0.15) is 0 Å². The first kappa shape index (κ1) is 31.5. The summed E-state index contributed by atoms with van der Waals surface area (Å²) < 4.78 is 27.4. The van der Waals surface area contributed by atoms with E-state index in [9.17, 15) is 9.59 Å². The summed E-state index contributed by atoms with van der Waals surface area (Å²) in [5.41, 5.74) is 0. The fourth-order valence-corrected chi connectivity index (χ4v) is 22.7. The zero-order chi connectivity index (χ0) is 25.7. The average Bonchev–Trinajstić information content (AvgIpc) is 3.22. The molecule has 0 spiro atoms. The Morgan fingerprint density at radius 3 is 1.50 bits per heavy atom. The van der Waals surface area contributed by atoms with Gasteiger partial charge in [0, 0.05) is 0 Å². The number of esters is 2. The van der Waals surface area contributed by atoms with Crippen molar-refractivity contribution >= 4 is 37.4 Å². The molecule has 3 atom stereocenters. The van der Waals surface area contributed by atoms with Crippen molar-refractivity contribution < 1.29 is 28.4 Å². The van der Waals surface area contributed by atoms with E-state index in [1.165, 1.54) is 51.8 Å². The monoisotopic (exact) mass is 588 g/mol. The first-order chi connectivity index (χ1) is 16.1. The first-order valence-corrected chi connectivity index (χ1v) is 21.2. The van der Waals surface area contributed by atoms with Crippen LogP contribution in [0.5, 0.6) is 0 Å². The molecule has 0 amide bonds. The van der Waals surface area contributed by atoms with Crippen LogP contribution in [0.2, 0.25) is 17.1 Å². The topological polar surface area (TPSA) is 71.1 Å². The van der Waals surface area contributed by atoms with Crippen LogP contribution in [0.15, 0.2) is 12.2 Å². The molecule has 0 unspecified atom stereocenters. The molecule has 196 valence electrons. The molecule has 0 aliphatic carbocycles. The van der Waals surface area contributed by atoms with Crippen LogP contribution in [0.3, 0.4) is 0 Å². The number of carbonyl (C=O) groups is 2. The van der Waals surface area contributed by atoms with Gasteiger partial charge in [0.15, 0.2) is 0 Å². The molecule has 34 heavy (non-hydrogen) atoms. The van der Waals surface area contributed by atoms with Crippen LogP contribution in [-0.4, -0.2) is 61.8 Å². The normalized spacial score (nSPS) is 19.9. The molecule has 6 nitrogen and oxygen atoms in total. The van der Waals surface area contributed by atoms with Gasteiger partial charge in [-0.15, -0.1) is 0 Å². The molecule has 0 N–H and O–H groups in total. The molecule has 1 aliphatic heterocycles. The Balaban J connectivity index is 3.39. The van der Waals surface area contributed by atoms with E-state index in [2.05, 4.69) is 32.9 Å². The third kappa shape index (κ3) is 9.49. The molecule has 0 aromatic heterocycles. The van der Waals surface area contributed by atoms with E-state index < -0.39 is 49.6 Å². The van der Waals surface area contributed by atoms with Gasteiger partial charge in [-0.25, -0.2) is 0 Å². The number of hydrogen-bond acceptors (Lipinski definition) is 6. The third-order valence-corrected chi connectivity index (χ3v) is 23.4. The molecule has 0 bridgehead atoms. The van der Waals surface area contributed by atoms with E-state index >= 15 is 0 Å². The summed E-state index contributed by atoms with van der Waals surface area (Å²) in [4.78, 5) is 25.8. The number of unbranched alkanes of at least 4 members (excludes halogenated alkanes) is 3. The van der Waals surface area contributed by atoms with E-state index in [0.717, 1.165) is 0 Å². The first-order valence-electron chi connectivity index (χ1n) is 13.5. The molecule has 0 saturated carbocycles. The second kappa shape index (κ2) is 16.3. The second-order valence-electron chi connectivity index (χ2n) is 10.2. The molecule has 1 rings (SSSR count). The summed E-state index contributed by atoms with van der Waals surface area (Å²) in [5, 5.41) is 0. The Morgan fingerprint density at radius 2 is 1.21 bits per heavy atom. The third-order valence-electron chi connectivity index (χ3n) is 6.49. The van der Waals surface area contributed by atoms with Crippen molar-refractivity contribution in [2.75, 3.05) is 0 Å². The van der Waals surface area contributed by atoms with Crippen LogP contribution in [0.4, 0.5) is 0 Å². The van der Waals surface area contributed by atoms with Gasteiger partial charge >= 0.3 is 213 Å². The molecular weight excluding hydrogens is 538 g/mol. The summed E-state index contributed by atoms with van der Waals surface area (Å²) in [6.45, 7) is 15.9. The Morgan fingerprint density at radius 1 is 0.824 bits per heavy atom. The van der Waals surface area contributed by atoms with E-state index in [4.69, 9.17) is 18.8 Å². The van der Waals surface area contributed by atoms with Crippen LogP contribution in [0.1, 0.15) is 93.9 Å². The van der Waals surface area contributed by atoms with Gasteiger partial charge in [0.05, 0.1) is 0 Å². The Labute approximate surface area is 212 Å². The van der Waals surface area contributed by atoms with E-state index in [1.807, 2.05) is 6.92 Å². The second-order valence-corrected chi connectivity index (χ2v) is 24.1. The standard InChI is InChI=1S/C14H22BO6.3C4H9.Sn/c1-6-7-8-15-20-11(13(16)18-9(2)3)12(21-15)14(17)19-10(4)5;3*1-3-4-2;/h6-12H,1-5H3;3*1,3-4H2,2H3;/b7-6+;;;;/t11-,12-;;;;/m1..../s1. The van der Waals surface area contributed by atoms with Gasteiger partial charge in [0.1, 0.15) is 0 Å². The van der Waals surface area contributed by atoms with Crippen LogP contribution in [0, 0.1) is 0 Å². The van der Waals surface area contributed by atoms with Crippen LogP contribution in [0.25, 0.3) is 0 Å². The summed E-state index contributed by atoms with van der Waals surface area (Å²) in [6, 6.07) is 0. The quantitative estimate of drug-likeness (QED) is 0.117. The van der Waals surface area contributed by atoms with Crippen molar-refractivity contribution in [3.05, 3.63) is 12.2 Å². The fourth-order valence-electron chi connectivity index (χ4n) is 4.84. The van der Waals surface area contributed by atoms with Crippen molar-refractivity contribution in [3.8, 4) is 0 Å². The van der Waals surface area contributed by atoms with Crippen LogP contribution in [-0.2, 0) is 28.4 Å². The van der Waals surface area contributed by atoms with Crippen LogP contribution < -0.4 is 0 Å². The number of allylic oxidation sites excluding steroid dienone is 2. The molecule has 0 aromatic carbocycles. The van der Waals surface area contributed by atoms with Gasteiger partial charge < -0.3 is 0 Å². The zero-order valence-corrected chi connectivity index (χ0v) is 25.8. The molecule has 1 heterocycles. The summed E-state index contributed by atoms with van der Waals surface area (Å²) in [5.74, 6) is -1.11. The minimum atomic E-state index is -2.87. The molecule has 0 radical (unpaired) electrons. The van der Waals surface area contributed by atoms with Gasteiger partial charge in [0.2, 0.25) is 0 Å². The van der Waals surface area contributed by atoms with E-state index in [1.54, 1.807) is 27.7 Å². The average molecular weight is 587 g/mol. The van der Waals surface area contributed by atoms with Gasteiger partial charge in [-0.05, 0) is 0 Å². The van der Waals surface area contributed by atoms with Crippen LogP contribution >= 0.6 is 0 Å². The maximum absolute atomic E-state index is 12.9. The summed E-state index contributed by atoms with van der Waals surface area (Å²) in [6.07, 6.45) is 8.66. The van der Waals surface area contributed by atoms with E-state index in [0.29, 0.717) is 0 Å². The molecule has 1 aliphatic rings. The van der Waals surface area contributed by atoms with Crippen molar-refractivity contribution in [1.29, 1.82) is 0 Å². The molecular formula is C26H49BO6Sn. The Bertz CT molecular complexity index is 587. The zero-order valence-electron chi connectivity index (χ0n) is 22.9. The maximum atomic E-state index is 12.9. The SMILES string of the molecule is C/C=C/[C@H](B1O[C@@H](C(=O)OC(C)C)[C@H](C(=O)OC(C)C)O1)[Sn]([CH2]CCC)([CH2]CCC)[CH2]CCC. The number of ether oxygens (including phenoxy) is 2. The van der Waals surface area contributed by atoms with Gasteiger partial charge in [-0.3, -0.25) is 0 Å². The van der Waals surface area contributed by atoms with E-state index in [-0.39, 0.29) is 16.0 Å². The number of rotatable bonds is 16. The molecule has 1 saturated heterocycles. The molecule has 8 heteroatoms. The van der Waals surface area contributed by atoms with Crippen molar-refractivity contribution in [2.45, 2.75) is 135 Å². The van der Waals surface area contributed by atoms with Gasteiger partial charge in [0.25, 0.3) is 0 Å². The number of carbonyl (C=O) groups excluding carboxylic acids is 2. The van der Waals surface area contributed by atoms with Crippen molar-refractivity contribution in [3.63, 3.8) is 0 Å². The molecule has 0 aromatic rings. The van der Waals surface area contributed by atoms with Crippen molar-refractivity contribution in [2.24, 2.45) is 0 Å². The van der Waals surface area contributed by atoms with Gasteiger partial charge in [-0.1, -0.05) is 0 Å². The predicted octanol–water partition coefficient (Wildman–Crippen LogP) is 6.50. The molecule has 1 fully saturated rings. The summed E-state index contributed by atoms with van der Waals surface area (Å²) in [7, 11) is -0.619.